The van der Waals surface area contributed by atoms with Crippen molar-refractivity contribution >= 4 is 28.6 Å². The number of Topliss-reactive ketones (excluding diaryl/α,β-unsaturated/α-hetero) is 1. The van der Waals surface area contributed by atoms with E-state index in [4.69, 9.17) is 14.5 Å². The molecule has 49 heavy (non-hydrogen) atoms. The lowest BCUT2D eigenvalue weighted by Crippen LogP contribution is -2.41. The summed E-state index contributed by atoms with van der Waals surface area (Å²) in [5, 5.41) is 3.82. The largest absolute Gasteiger partial charge is 0.494 e. The Hall–Kier alpha value is -4.56. The van der Waals surface area contributed by atoms with Gasteiger partial charge in [0.2, 0.25) is 0 Å². The average Bonchev–Trinajstić information content (AvgIpc) is 3.14. The number of carbonyl (C=O) groups is 3. The zero-order valence-electron chi connectivity index (χ0n) is 28.7. The Morgan fingerprint density at radius 3 is 2.39 bits per heavy atom. The van der Waals surface area contributed by atoms with Crippen LogP contribution in [-0.4, -0.2) is 59.8 Å². The Kier molecular flexibility index (Phi) is 13.7. The summed E-state index contributed by atoms with van der Waals surface area (Å²) < 4.78 is 11.2. The van der Waals surface area contributed by atoms with Crippen molar-refractivity contribution in [2.75, 3.05) is 26.2 Å². The number of aromatic nitrogens is 1. The zero-order valence-corrected chi connectivity index (χ0v) is 28.7. The summed E-state index contributed by atoms with van der Waals surface area (Å²) in [5.41, 5.74) is 3.66. The third-order valence-corrected chi connectivity index (χ3v) is 8.99. The molecule has 1 aliphatic rings. The number of para-hydroxylation sites is 1. The molecule has 8 heteroatoms. The molecule has 0 saturated carbocycles. The van der Waals surface area contributed by atoms with Crippen molar-refractivity contribution < 1.29 is 23.9 Å². The fourth-order valence-corrected chi connectivity index (χ4v) is 6.26. The molecule has 0 spiro atoms. The van der Waals surface area contributed by atoms with Crippen molar-refractivity contribution in [2.45, 2.75) is 83.8 Å². The van der Waals surface area contributed by atoms with Gasteiger partial charge in [0.1, 0.15) is 12.4 Å². The predicted octanol–water partition coefficient (Wildman–Crippen LogP) is 7.93. The third-order valence-electron chi connectivity index (χ3n) is 8.99. The number of pyridine rings is 1. The van der Waals surface area contributed by atoms with Crippen LogP contribution in [0.25, 0.3) is 22.2 Å². The molecule has 0 aliphatic carbocycles. The van der Waals surface area contributed by atoms with E-state index in [1.165, 1.54) is 19.3 Å². The lowest BCUT2D eigenvalue weighted by molar-refractivity contribution is -0.145. The number of esters is 1. The summed E-state index contributed by atoms with van der Waals surface area (Å²) in [6.45, 7) is 6.01. The first kappa shape index (κ1) is 35.7. The molecule has 5 rings (SSSR count). The first-order valence-corrected chi connectivity index (χ1v) is 17.9. The highest BCUT2D eigenvalue weighted by atomic mass is 16.5. The highest BCUT2D eigenvalue weighted by Crippen LogP contribution is 2.27. The molecule has 8 nitrogen and oxygen atoms in total. The normalized spacial score (nSPS) is 13.9. The van der Waals surface area contributed by atoms with Gasteiger partial charge in [-0.3, -0.25) is 14.4 Å². The van der Waals surface area contributed by atoms with Crippen molar-refractivity contribution in [1.82, 2.24) is 15.2 Å². The summed E-state index contributed by atoms with van der Waals surface area (Å²) in [7, 11) is 0. The molecule has 258 valence electrons. The van der Waals surface area contributed by atoms with E-state index in [1.807, 2.05) is 78.9 Å². The third kappa shape index (κ3) is 11.0. The number of hydrogen-bond donors (Lipinski definition) is 1. The highest BCUT2D eigenvalue weighted by molar-refractivity contribution is 6.08. The number of likely N-dealkylation sites (tertiary alicyclic amines) is 1. The number of hydrogen-bond acceptors (Lipinski definition) is 7. The van der Waals surface area contributed by atoms with Crippen LogP contribution in [0.1, 0.15) is 87.1 Å². The number of amides is 1. The SMILES string of the molecule is CCCOc1ccc(-c2cc(C(=O)NC(CCCCC(=O)OCc3ccccc3)C(=O)CCCN3CCCCC3)c3ccccc3n2)cc1. The van der Waals surface area contributed by atoms with Gasteiger partial charge in [0, 0.05) is 23.8 Å². The number of rotatable bonds is 18. The number of benzene rings is 3. The second kappa shape index (κ2) is 18.8. The molecule has 4 aromatic rings. The van der Waals surface area contributed by atoms with E-state index in [9.17, 15) is 14.4 Å². The Balaban J connectivity index is 1.26. The second-order valence-electron chi connectivity index (χ2n) is 12.8. The van der Waals surface area contributed by atoms with Crippen molar-refractivity contribution in [3.8, 4) is 17.0 Å². The van der Waals surface area contributed by atoms with Gasteiger partial charge in [-0.2, -0.15) is 0 Å². The Morgan fingerprint density at radius 2 is 1.61 bits per heavy atom. The molecule has 1 aliphatic heterocycles. The quantitative estimate of drug-likeness (QED) is 0.0853. The van der Waals surface area contributed by atoms with E-state index < -0.39 is 6.04 Å². The fourth-order valence-electron chi connectivity index (χ4n) is 6.26. The molecule has 1 saturated heterocycles. The van der Waals surface area contributed by atoms with Gasteiger partial charge in [0.25, 0.3) is 5.91 Å². The van der Waals surface area contributed by atoms with Gasteiger partial charge in [-0.15, -0.1) is 0 Å². The number of piperidine rings is 1. The molecule has 1 atom stereocenters. The molecular weight excluding hydrogens is 614 g/mol. The van der Waals surface area contributed by atoms with E-state index in [-0.39, 0.29) is 30.7 Å². The number of ketones is 1. The minimum atomic E-state index is -0.653. The number of nitrogens with zero attached hydrogens (tertiary/aromatic N) is 2. The Labute approximate surface area is 290 Å². The molecule has 0 radical (unpaired) electrons. The van der Waals surface area contributed by atoms with E-state index in [0.717, 1.165) is 54.7 Å². The number of nitrogens with one attached hydrogen (secondary N) is 1. The number of fused-ring (bicyclic) bond motifs is 1. The summed E-state index contributed by atoms with van der Waals surface area (Å²) in [5.74, 6) is 0.242. The molecule has 1 unspecified atom stereocenters. The number of unbranched alkanes of at least 4 members (excludes halogenated alkanes) is 1. The van der Waals surface area contributed by atoms with E-state index in [0.29, 0.717) is 49.1 Å². The Bertz CT molecular complexity index is 1650. The van der Waals surface area contributed by atoms with Gasteiger partial charge in [0.15, 0.2) is 5.78 Å². The lowest BCUT2D eigenvalue weighted by Gasteiger charge is -2.26. The number of ether oxygens (including phenoxy) is 2. The van der Waals surface area contributed by atoms with Crippen molar-refractivity contribution in [1.29, 1.82) is 0 Å². The first-order valence-electron chi connectivity index (χ1n) is 17.9. The van der Waals surface area contributed by atoms with E-state index in [2.05, 4.69) is 17.1 Å². The topological polar surface area (TPSA) is 97.8 Å². The van der Waals surface area contributed by atoms with Gasteiger partial charge < -0.3 is 19.7 Å². The van der Waals surface area contributed by atoms with Crippen LogP contribution < -0.4 is 10.1 Å². The molecule has 1 amide bonds. The first-order chi connectivity index (χ1) is 24.0. The van der Waals surface area contributed by atoms with Crippen LogP contribution in [0.15, 0.2) is 84.9 Å². The number of carbonyl (C=O) groups excluding carboxylic acids is 3. The highest BCUT2D eigenvalue weighted by Gasteiger charge is 2.23. The summed E-state index contributed by atoms with van der Waals surface area (Å²) >= 11 is 0. The van der Waals surface area contributed by atoms with Crippen LogP contribution >= 0.6 is 0 Å². The maximum Gasteiger partial charge on any atom is 0.306 e. The van der Waals surface area contributed by atoms with Gasteiger partial charge in [-0.25, -0.2) is 4.98 Å². The van der Waals surface area contributed by atoms with Crippen molar-refractivity contribution in [2.24, 2.45) is 0 Å². The van der Waals surface area contributed by atoms with Gasteiger partial charge in [0.05, 0.1) is 29.4 Å². The van der Waals surface area contributed by atoms with Gasteiger partial charge in [-0.1, -0.05) is 68.3 Å². The molecule has 1 N–H and O–H groups in total. The van der Waals surface area contributed by atoms with Gasteiger partial charge in [-0.05, 0) is 100 Å². The monoisotopic (exact) mass is 663 g/mol. The molecule has 1 fully saturated rings. The predicted molar refractivity (Wildman–Crippen MR) is 193 cm³/mol. The van der Waals surface area contributed by atoms with Crippen LogP contribution in [-0.2, 0) is 20.9 Å². The molecule has 3 aromatic carbocycles. The smallest absolute Gasteiger partial charge is 0.306 e. The van der Waals surface area contributed by atoms with Crippen LogP contribution in [0.4, 0.5) is 0 Å². The lowest BCUT2D eigenvalue weighted by atomic mass is 9.99. The van der Waals surface area contributed by atoms with Crippen molar-refractivity contribution in [3.05, 3.63) is 96.1 Å². The fraction of sp³-hybridized carbons (Fsp3) is 0.415. The maximum absolute atomic E-state index is 14.0. The van der Waals surface area contributed by atoms with E-state index >= 15 is 0 Å². The second-order valence-corrected chi connectivity index (χ2v) is 12.8. The summed E-state index contributed by atoms with van der Waals surface area (Å²) in [6.07, 6.45) is 7.67. The summed E-state index contributed by atoms with van der Waals surface area (Å²) in [4.78, 5) is 47.4. The standard InChI is InChI=1S/C41H49N3O5/c1-2-28-48-33-23-21-32(22-24-33)38-29-35(34-16-7-8-17-36(34)42-38)41(47)43-37(39(45)19-13-27-44-25-11-4-12-26-44)18-9-10-20-40(46)49-30-31-14-5-3-6-15-31/h3,5-8,14-17,21-24,29,37H,2,4,9-13,18-20,25-28,30H2,1H3,(H,43,47). The Morgan fingerprint density at radius 1 is 0.857 bits per heavy atom. The minimum absolute atomic E-state index is 0.0262. The van der Waals surface area contributed by atoms with Gasteiger partial charge >= 0.3 is 5.97 Å². The molecule has 2 heterocycles. The van der Waals surface area contributed by atoms with Crippen LogP contribution in [0.3, 0.4) is 0 Å². The van der Waals surface area contributed by atoms with E-state index in [1.54, 1.807) is 6.07 Å². The molecule has 0 bridgehead atoms. The summed E-state index contributed by atoms with van der Waals surface area (Å²) in [6, 6.07) is 26.1. The average molecular weight is 664 g/mol. The van der Waals surface area contributed by atoms with Crippen LogP contribution in [0.2, 0.25) is 0 Å². The van der Waals surface area contributed by atoms with Crippen molar-refractivity contribution in [3.63, 3.8) is 0 Å². The van der Waals surface area contributed by atoms with Crippen LogP contribution in [0.5, 0.6) is 5.75 Å². The van der Waals surface area contributed by atoms with Crippen LogP contribution in [0, 0.1) is 0 Å². The molecular formula is C41H49N3O5. The maximum atomic E-state index is 14.0. The zero-order chi connectivity index (χ0) is 34.3. The molecule has 1 aromatic heterocycles. The minimum Gasteiger partial charge on any atom is -0.494 e.